The van der Waals surface area contributed by atoms with Crippen molar-refractivity contribution in [1.29, 1.82) is 0 Å². The first-order valence-corrected chi connectivity index (χ1v) is 29.4. The number of unbranched alkanes of at least 4 members (excludes halogenated alkanes) is 30. The van der Waals surface area contributed by atoms with Crippen molar-refractivity contribution in [2.24, 2.45) is 0 Å². The van der Waals surface area contributed by atoms with Crippen LogP contribution < -0.4 is 5.32 Å². The van der Waals surface area contributed by atoms with E-state index in [0.29, 0.717) is 12.8 Å². The fraction of sp³-hybridized carbons (Fsp3) is 0.734. The number of hydrogen-bond donors (Lipinski definition) is 3. The number of hydrogen-bond acceptors (Lipinski definition) is 3. The number of aliphatic hydroxyl groups excluding tert-OH is 2. The minimum absolute atomic E-state index is 0.0317. The predicted molar refractivity (Wildman–Crippen MR) is 303 cm³/mol. The molecular weight excluding hydrogens is 831 g/mol. The first-order valence-electron chi connectivity index (χ1n) is 29.4. The van der Waals surface area contributed by atoms with Crippen LogP contribution in [0.1, 0.15) is 284 Å². The molecule has 2 atom stereocenters. The topological polar surface area (TPSA) is 69.6 Å². The molecule has 3 N–H and O–H groups in total. The van der Waals surface area contributed by atoms with Crippen molar-refractivity contribution >= 4 is 5.91 Å². The molecule has 0 aromatic heterocycles. The molecule has 0 radical (unpaired) electrons. The van der Waals surface area contributed by atoms with Crippen LogP contribution in [0.2, 0.25) is 0 Å². The van der Waals surface area contributed by atoms with E-state index in [1.807, 2.05) is 0 Å². The van der Waals surface area contributed by atoms with Gasteiger partial charge >= 0.3 is 0 Å². The van der Waals surface area contributed by atoms with Crippen LogP contribution in [0.15, 0.2) is 97.2 Å². The average molecular weight is 945 g/mol. The van der Waals surface area contributed by atoms with E-state index in [9.17, 15) is 15.0 Å². The molecule has 0 rings (SSSR count). The fourth-order valence-electron chi connectivity index (χ4n) is 8.67. The zero-order chi connectivity index (χ0) is 49.2. The van der Waals surface area contributed by atoms with Gasteiger partial charge in [-0.25, -0.2) is 0 Å². The molecule has 0 bridgehead atoms. The van der Waals surface area contributed by atoms with E-state index in [4.69, 9.17) is 0 Å². The Bertz CT molecular complexity index is 1250. The molecule has 0 saturated carbocycles. The highest BCUT2D eigenvalue weighted by molar-refractivity contribution is 5.76. The van der Waals surface area contributed by atoms with E-state index in [0.717, 1.165) is 77.0 Å². The van der Waals surface area contributed by atoms with Crippen LogP contribution in [-0.2, 0) is 4.79 Å². The lowest BCUT2D eigenvalue weighted by atomic mass is 10.0. The summed E-state index contributed by atoms with van der Waals surface area (Å²) in [6.07, 6.45) is 86.9. The van der Waals surface area contributed by atoms with Crippen molar-refractivity contribution in [3.05, 3.63) is 97.2 Å². The second-order valence-corrected chi connectivity index (χ2v) is 19.7. The lowest BCUT2D eigenvalue weighted by Gasteiger charge is -2.22. The summed E-state index contributed by atoms with van der Waals surface area (Å²) in [7, 11) is 0. The van der Waals surface area contributed by atoms with E-state index in [1.54, 1.807) is 0 Å². The van der Waals surface area contributed by atoms with Crippen molar-refractivity contribution in [1.82, 2.24) is 5.32 Å². The molecule has 0 aromatic rings. The largest absolute Gasteiger partial charge is 0.394 e. The van der Waals surface area contributed by atoms with Crippen molar-refractivity contribution < 1.29 is 15.0 Å². The molecule has 0 spiro atoms. The Hall–Kier alpha value is -2.69. The second kappa shape index (κ2) is 58.6. The molecule has 0 saturated heterocycles. The molecular formula is C64H113NO3. The third-order valence-electron chi connectivity index (χ3n) is 13.1. The van der Waals surface area contributed by atoms with E-state index in [2.05, 4.69) is 116 Å². The molecule has 4 heteroatoms. The van der Waals surface area contributed by atoms with Gasteiger partial charge in [0.2, 0.25) is 5.91 Å². The van der Waals surface area contributed by atoms with Crippen LogP contribution in [-0.4, -0.2) is 34.9 Å². The van der Waals surface area contributed by atoms with Gasteiger partial charge in [0.05, 0.1) is 18.8 Å². The summed E-state index contributed by atoms with van der Waals surface area (Å²) >= 11 is 0. The quantitative estimate of drug-likeness (QED) is 0.0420. The van der Waals surface area contributed by atoms with E-state index in [-0.39, 0.29) is 12.5 Å². The highest BCUT2D eigenvalue weighted by Gasteiger charge is 2.20. The van der Waals surface area contributed by atoms with Crippen molar-refractivity contribution in [3.8, 4) is 0 Å². The van der Waals surface area contributed by atoms with Crippen LogP contribution in [0.25, 0.3) is 0 Å². The third-order valence-corrected chi connectivity index (χ3v) is 13.1. The van der Waals surface area contributed by atoms with Crippen molar-refractivity contribution in [2.75, 3.05) is 6.61 Å². The summed E-state index contributed by atoms with van der Waals surface area (Å²) in [4.78, 5) is 12.5. The maximum atomic E-state index is 12.5. The molecule has 0 heterocycles. The Morgan fingerprint density at radius 1 is 0.368 bits per heavy atom. The molecule has 0 aromatic carbocycles. The summed E-state index contributed by atoms with van der Waals surface area (Å²) in [5.41, 5.74) is 0. The second-order valence-electron chi connectivity index (χ2n) is 19.7. The molecule has 392 valence electrons. The Labute approximate surface area is 424 Å². The summed E-state index contributed by atoms with van der Waals surface area (Å²) in [6.45, 7) is 4.25. The fourth-order valence-corrected chi connectivity index (χ4v) is 8.67. The number of carbonyl (C=O) groups is 1. The minimum atomic E-state index is -0.662. The minimum Gasteiger partial charge on any atom is -0.394 e. The number of aliphatic hydroxyl groups is 2. The summed E-state index contributed by atoms with van der Waals surface area (Å²) < 4.78 is 0. The van der Waals surface area contributed by atoms with Gasteiger partial charge in [0, 0.05) is 6.42 Å². The number of nitrogens with one attached hydrogen (secondary N) is 1. The predicted octanol–water partition coefficient (Wildman–Crippen LogP) is 19.7. The number of carbonyl (C=O) groups excluding carboxylic acids is 1. The van der Waals surface area contributed by atoms with Gasteiger partial charge < -0.3 is 15.5 Å². The molecule has 1 amide bonds. The Morgan fingerprint density at radius 3 is 0.971 bits per heavy atom. The van der Waals surface area contributed by atoms with Gasteiger partial charge in [0.1, 0.15) is 0 Å². The van der Waals surface area contributed by atoms with E-state index in [1.165, 1.54) is 180 Å². The van der Waals surface area contributed by atoms with E-state index < -0.39 is 12.1 Å². The number of allylic oxidation sites excluding steroid dienone is 16. The third kappa shape index (κ3) is 54.3. The smallest absolute Gasteiger partial charge is 0.220 e. The average Bonchev–Trinajstić information content (AvgIpc) is 3.34. The van der Waals surface area contributed by atoms with Crippen LogP contribution in [0.5, 0.6) is 0 Å². The molecule has 0 aliphatic rings. The van der Waals surface area contributed by atoms with Gasteiger partial charge in [-0.1, -0.05) is 297 Å². The molecule has 0 aliphatic carbocycles. The van der Waals surface area contributed by atoms with Crippen LogP contribution in [0, 0.1) is 0 Å². The van der Waals surface area contributed by atoms with Gasteiger partial charge in [-0.2, -0.15) is 0 Å². The number of rotatable bonds is 53. The summed E-state index contributed by atoms with van der Waals surface area (Å²) in [5.74, 6) is -0.0317. The highest BCUT2D eigenvalue weighted by Crippen LogP contribution is 2.17. The standard InChI is InChI=1S/C64H113NO3/c1-3-5-7-9-11-13-15-17-19-20-21-22-23-24-25-26-27-28-29-30-31-32-33-34-35-36-37-38-39-40-41-42-43-44-46-48-50-52-54-56-58-60-64(68)65-62(61-66)63(67)59-57-55-53-51-49-47-45-18-16-14-12-10-8-6-4-2/h5,7,11,13,17,19,21-22,24-25,27-28,30-31,33-34,62-63,66-67H,3-4,6,8-10,12,14-16,18,20,23,26,29,32,35-61H2,1-2H3,(H,65,68)/b7-5-,13-11-,19-17-,22-21-,25-24-,28-27-,31-30-,34-33-. The van der Waals surface area contributed by atoms with Gasteiger partial charge in [0.15, 0.2) is 0 Å². The van der Waals surface area contributed by atoms with Crippen molar-refractivity contribution in [2.45, 2.75) is 296 Å². The first kappa shape index (κ1) is 65.3. The van der Waals surface area contributed by atoms with Crippen LogP contribution >= 0.6 is 0 Å². The zero-order valence-electron chi connectivity index (χ0n) is 45.1. The molecule has 2 unspecified atom stereocenters. The van der Waals surface area contributed by atoms with Gasteiger partial charge in [-0.3, -0.25) is 4.79 Å². The molecule has 0 fully saturated rings. The molecule has 0 aliphatic heterocycles. The van der Waals surface area contributed by atoms with Crippen molar-refractivity contribution in [3.63, 3.8) is 0 Å². The summed E-state index contributed by atoms with van der Waals surface area (Å²) in [6, 6.07) is -0.539. The Kier molecular flexibility index (Phi) is 56.3. The van der Waals surface area contributed by atoms with E-state index >= 15 is 0 Å². The van der Waals surface area contributed by atoms with Crippen LogP contribution in [0.3, 0.4) is 0 Å². The lowest BCUT2D eigenvalue weighted by Crippen LogP contribution is -2.45. The number of amides is 1. The summed E-state index contributed by atoms with van der Waals surface area (Å²) in [5, 5.41) is 23.3. The van der Waals surface area contributed by atoms with Crippen LogP contribution in [0.4, 0.5) is 0 Å². The van der Waals surface area contributed by atoms with Gasteiger partial charge in [-0.15, -0.1) is 0 Å². The Balaban J connectivity index is 3.49. The molecule has 68 heavy (non-hydrogen) atoms. The highest BCUT2D eigenvalue weighted by atomic mass is 16.3. The normalized spacial score (nSPS) is 13.5. The monoisotopic (exact) mass is 944 g/mol. The van der Waals surface area contributed by atoms with Gasteiger partial charge in [0.25, 0.3) is 0 Å². The maximum absolute atomic E-state index is 12.5. The maximum Gasteiger partial charge on any atom is 0.220 e. The lowest BCUT2D eigenvalue weighted by molar-refractivity contribution is -0.123. The first-order chi connectivity index (χ1) is 33.7. The SMILES string of the molecule is CC/C=C\C/C=C\C/C=C\C/C=C\C/C=C\C/C=C\C/C=C\C/C=C\CCCCCCCCCCCCCCCCCCC(=O)NC(CO)C(O)CCCCCCCCCCCCCCCCC. The molecule has 4 nitrogen and oxygen atoms in total. The van der Waals surface area contributed by atoms with Gasteiger partial charge in [-0.05, 0) is 77.0 Å². The zero-order valence-corrected chi connectivity index (χ0v) is 45.1. The Morgan fingerprint density at radius 2 is 0.647 bits per heavy atom.